The molecule has 4 heteroatoms. The van der Waals surface area contributed by atoms with Crippen LogP contribution in [0.1, 0.15) is 38.3 Å². The topological polar surface area (TPSA) is 35.6 Å². The first kappa shape index (κ1) is 20.4. The second kappa shape index (κ2) is 9.24. The van der Waals surface area contributed by atoms with Gasteiger partial charge in [0, 0.05) is 51.4 Å². The minimum absolute atomic E-state index is 0.0860. The number of nitrogens with one attached hydrogen (secondary N) is 1. The van der Waals surface area contributed by atoms with Gasteiger partial charge < -0.3 is 10.2 Å². The van der Waals surface area contributed by atoms with Crippen molar-refractivity contribution in [1.82, 2.24) is 9.80 Å². The van der Waals surface area contributed by atoms with Crippen LogP contribution in [0.15, 0.2) is 54.6 Å². The average molecular weight is 380 g/mol. The lowest BCUT2D eigenvalue weighted by Gasteiger charge is -2.35. The van der Waals surface area contributed by atoms with Gasteiger partial charge >= 0.3 is 0 Å². The molecule has 1 heterocycles. The minimum Gasteiger partial charge on any atom is -0.384 e. The summed E-state index contributed by atoms with van der Waals surface area (Å²) < 4.78 is 0. The molecule has 0 aromatic heterocycles. The van der Waals surface area contributed by atoms with Crippen molar-refractivity contribution in [3.05, 3.63) is 65.7 Å². The molecule has 1 saturated heterocycles. The van der Waals surface area contributed by atoms with Gasteiger partial charge in [-0.1, -0.05) is 69.3 Å². The Labute approximate surface area is 169 Å². The fourth-order valence-corrected chi connectivity index (χ4v) is 3.75. The van der Waals surface area contributed by atoms with Crippen molar-refractivity contribution in [2.24, 2.45) is 0 Å². The molecular weight excluding hydrogens is 346 g/mol. The monoisotopic (exact) mass is 379 g/mol. The van der Waals surface area contributed by atoms with Crippen LogP contribution in [0.4, 0.5) is 5.69 Å². The van der Waals surface area contributed by atoms with E-state index in [1.165, 1.54) is 11.1 Å². The Bertz CT molecular complexity index is 759. The number of amides is 1. The molecule has 1 fully saturated rings. The molecule has 1 aliphatic rings. The van der Waals surface area contributed by atoms with Gasteiger partial charge in [-0.25, -0.2) is 0 Å². The Kier molecular flexibility index (Phi) is 6.74. The fourth-order valence-electron chi connectivity index (χ4n) is 3.75. The van der Waals surface area contributed by atoms with Crippen LogP contribution < -0.4 is 5.32 Å². The standard InChI is InChI=1S/C24H33N3O/c1-24(2,3)21-11-7-8-12-22(21)25-14-13-23(28)27-17-15-26(16-18-27)19-20-9-5-4-6-10-20/h4-12,25H,13-19H2,1-3H3. The normalized spacial score (nSPS) is 15.5. The number of hydrogen-bond donors (Lipinski definition) is 1. The van der Waals surface area contributed by atoms with E-state index in [1.54, 1.807) is 0 Å². The van der Waals surface area contributed by atoms with E-state index >= 15 is 0 Å². The maximum absolute atomic E-state index is 12.6. The van der Waals surface area contributed by atoms with Gasteiger partial charge in [-0.2, -0.15) is 0 Å². The molecule has 1 N–H and O–H groups in total. The summed E-state index contributed by atoms with van der Waals surface area (Å²) in [7, 11) is 0. The number of para-hydroxylation sites is 1. The van der Waals surface area contributed by atoms with E-state index in [4.69, 9.17) is 0 Å². The SMILES string of the molecule is CC(C)(C)c1ccccc1NCCC(=O)N1CCN(Cc2ccccc2)CC1. The van der Waals surface area contributed by atoms with Gasteiger partial charge in [0.25, 0.3) is 0 Å². The van der Waals surface area contributed by atoms with Gasteiger partial charge in [-0.3, -0.25) is 9.69 Å². The van der Waals surface area contributed by atoms with Crippen LogP contribution in [-0.4, -0.2) is 48.4 Å². The minimum atomic E-state index is 0.0860. The third-order valence-corrected chi connectivity index (χ3v) is 5.36. The molecule has 3 rings (SSSR count). The van der Waals surface area contributed by atoms with E-state index < -0.39 is 0 Å². The molecule has 0 aliphatic carbocycles. The van der Waals surface area contributed by atoms with E-state index in [9.17, 15) is 4.79 Å². The Morgan fingerprint density at radius 3 is 2.25 bits per heavy atom. The Morgan fingerprint density at radius 2 is 1.57 bits per heavy atom. The van der Waals surface area contributed by atoms with Crippen molar-refractivity contribution >= 4 is 11.6 Å². The van der Waals surface area contributed by atoms with Gasteiger partial charge in [0.1, 0.15) is 0 Å². The Hall–Kier alpha value is -2.33. The van der Waals surface area contributed by atoms with Crippen LogP contribution in [0.5, 0.6) is 0 Å². The third-order valence-electron chi connectivity index (χ3n) is 5.36. The number of piperazine rings is 1. The van der Waals surface area contributed by atoms with Gasteiger partial charge in [0.05, 0.1) is 0 Å². The van der Waals surface area contributed by atoms with E-state index in [2.05, 4.69) is 73.5 Å². The number of rotatable bonds is 6. The maximum atomic E-state index is 12.6. The first-order chi connectivity index (χ1) is 13.4. The van der Waals surface area contributed by atoms with Gasteiger partial charge in [-0.15, -0.1) is 0 Å². The zero-order chi connectivity index (χ0) is 20.0. The first-order valence-corrected chi connectivity index (χ1v) is 10.3. The summed E-state index contributed by atoms with van der Waals surface area (Å²) in [4.78, 5) is 17.0. The van der Waals surface area contributed by atoms with Crippen molar-refractivity contribution in [2.45, 2.75) is 39.2 Å². The zero-order valence-electron chi connectivity index (χ0n) is 17.4. The molecule has 0 unspecified atom stereocenters. The van der Waals surface area contributed by atoms with Crippen LogP contribution in [-0.2, 0) is 16.8 Å². The molecule has 28 heavy (non-hydrogen) atoms. The number of benzene rings is 2. The van der Waals surface area contributed by atoms with Crippen molar-refractivity contribution in [1.29, 1.82) is 0 Å². The highest BCUT2D eigenvalue weighted by atomic mass is 16.2. The first-order valence-electron chi connectivity index (χ1n) is 10.3. The molecular formula is C24H33N3O. The van der Waals surface area contributed by atoms with Crippen molar-refractivity contribution in [2.75, 3.05) is 38.0 Å². The predicted octanol–water partition coefficient (Wildman–Crippen LogP) is 4.13. The average Bonchev–Trinajstić information content (AvgIpc) is 2.69. The lowest BCUT2D eigenvalue weighted by Crippen LogP contribution is -2.48. The molecule has 0 bridgehead atoms. The quantitative estimate of drug-likeness (QED) is 0.820. The molecule has 0 atom stereocenters. The van der Waals surface area contributed by atoms with Crippen LogP contribution in [0.2, 0.25) is 0 Å². The lowest BCUT2D eigenvalue weighted by molar-refractivity contribution is -0.132. The fraction of sp³-hybridized carbons (Fsp3) is 0.458. The van der Waals surface area contributed by atoms with Crippen LogP contribution in [0.3, 0.4) is 0 Å². The highest BCUT2D eigenvalue weighted by molar-refractivity contribution is 5.77. The molecule has 0 radical (unpaired) electrons. The molecule has 1 amide bonds. The number of nitrogens with zero attached hydrogens (tertiary/aromatic N) is 2. The second-order valence-electron chi connectivity index (χ2n) is 8.61. The Balaban J connectivity index is 1.43. The number of anilines is 1. The third kappa shape index (κ3) is 5.59. The maximum Gasteiger partial charge on any atom is 0.224 e. The van der Waals surface area contributed by atoms with Gasteiger partial charge in [0.2, 0.25) is 5.91 Å². The summed E-state index contributed by atoms with van der Waals surface area (Å²) in [6, 6.07) is 18.9. The number of hydrogen-bond acceptors (Lipinski definition) is 3. The molecule has 150 valence electrons. The smallest absolute Gasteiger partial charge is 0.224 e. The van der Waals surface area contributed by atoms with E-state index in [0.717, 1.165) is 38.4 Å². The van der Waals surface area contributed by atoms with Crippen molar-refractivity contribution in [3.8, 4) is 0 Å². The van der Waals surface area contributed by atoms with Crippen LogP contribution >= 0.6 is 0 Å². The molecule has 1 aliphatic heterocycles. The number of carbonyl (C=O) groups excluding carboxylic acids is 1. The summed E-state index contributed by atoms with van der Waals surface area (Å²) in [6.45, 7) is 11.8. The summed E-state index contributed by atoms with van der Waals surface area (Å²) in [6.07, 6.45) is 0.539. The van der Waals surface area contributed by atoms with Crippen molar-refractivity contribution < 1.29 is 4.79 Å². The second-order valence-corrected chi connectivity index (χ2v) is 8.61. The molecule has 4 nitrogen and oxygen atoms in total. The van der Waals surface area contributed by atoms with Gasteiger partial charge in [0.15, 0.2) is 0 Å². The van der Waals surface area contributed by atoms with Crippen LogP contribution in [0, 0.1) is 0 Å². The zero-order valence-corrected chi connectivity index (χ0v) is 17.4. The molecule has 0 saturated carbocycles. The Morgan fingerprint density at radius 1 is 0.929 bits per heavy atom. The van der Waals surface area contributed by atoms with Gasteiger partial charge in [-0.05, 0) is 22.6 Å². The van der Waals surface area contributed by atoms with E-state index in [0.29, 0.717) is 13.0 Å². The van der Waals surface area contributed by atoms with Crippen LogP contribution in [0.25, 0.3) is 0 Å². The lowest BCUT2D eigenvalue weighted by atomic mass is 9.86. The highest BCUT2D eigenvalue weighted by Gasteiger charge is 2.21. The summed E-state index contributed by atoms with van der Waals surface area (Å²) in [5.41, 5.74) is 3.85. The molecule has 2 aromatic carbocycles. The summed E-state index contributed by atoms with van der Waals surface area (Å²) in [5, 5.41) is 3.47. The van der Waals surface area contributed by atoms with E-state index in [-0.39, 0.29) is 11.3 Å². The summed E-state index contributed by atoms with van der Waals surface area (Å²) >= 11 is 0. The molecule has 2 aromatic rings. The van der Waals surface area contributed by atoms with E-state index in [1.807, 2.05) is 17.0 Å². The molecule has 0 spiro atoms. The summed E-state index contributed by atoms with van der Waals surface area (Å²) in [5.74, 6) is 0.250. The highest BCUT2D eigenvalue weighted by Crippen LogP contribution is 2.29. The largest absolute Gasteiger partial charge is 0.384 e. The van der Waals surface area contributed by atoms with Crippen molar-refractivity contribution in [3.63, 3.8) is 0 Å². The number of carbonyl (C=O) groups is 1. The predicted molar refractivity (Wildman–Crippen MR) is 117 cm³/mol.